The number of hydrogen-bond acceptors (Lipinski definition) is 6. The van der Waals surface area contributed by atoms with Crippen molar-refractivity contribution in [3.8, 4) is 0 Å². The molecule has 1 aromatic heterocycles. The molecule has 0 unspecified atom stereocenters. The number of amides is 1. The lowest BCUT2D eigenvalue weighted by Crippen LogP contribution is -2.37. The van der Waals surface area contributed by atoms with Crippen molar-refractivity contribution in [3.05, 3.63) is 47.3 Å². The summed E-state index contributed by atoms with van der Waals surface area (Å²) in [6, 6.07) is 7.89. The molecule has 0 saturated carbocycles. The molecule has 1 aliphatic rings. The smallest absolute Gasteiger partial charge is 0.251 e. The summed E-state index contributed by atoms with van der Waals surface area (Å²) in [5.41, 5.74) is 0.982. The third-order valence-corrected chi connectivity index (χ3v) is 5.59. The first kappa shape index (κ1) is 18.6. The SMILES string of the molecule is Cc1cc(CNS(=O)(=O)c2cccc(C(=O)NC[C@@H]3CCCN3)c2)on1. The Morgan fingerprint density at radius 2 is 2.23 bits per heavy atom. The van der Waals surface area contributed by atoms with E-state index in [1.807, 2.05) is 0 Å². The van der Waals surface area contributed by atoms with E-state index in [2.05, 4.69) is 20.5 Å². The molecule has 1 fully saturated rings. The molecule has 26 heavy (non-hydrogen) atoms. The first-order valence-corrected chi connectivity index (χ1v) is 9.96. The standard InChI is InChI=1S/C17H22N4O4S/c1-12-8-15(25-21-12)11-20-26(23,24)16-6-2-4-13(9-16)17(22)19-10-14-5-3-7-18-14/h2,4,6,8-9,14,18,20H,3,5,7,10-11H2,1H3,(H,19,22)/t14-/m0/s1. The van der Waals surface area contributed by atoms with Crippen molar-refractivity contribution in [1.29, 1.82) is 0 Å². The Morgan fingerprint density at radius 1 is 1.38 bits per heavy atom. The first-order valence-electron chi connectivity index (χ1n) is 8.47. The molecule has 2 heterocycles. The highest BCUT2D eigenvalue weighted by Crippen LogP contribution is 2.13. The molecule has 2 aromatic rings. The minimum atomic E-state index is -3.77. The van der Waals surface area contributed by atoms with E-state index in [1.54, 1.807) is 25.1 Å². The average Bonchev–Trinajstić information content (AvgIpc) is 3.29. The van der Waals surface area contributed by atoms with Gasteiger partial charge in [0.25, 0.3) is 5.91 Å². The zero-order chi connectivity index (χ0) is 18.6. The molecule has 140 valence electrons. The molecule has 9 heteroatoms. The molecule has 3 rings (SSSR count). The van der Waals surface area contributed by atoms with Crippen molar-refractivity contribution in [1.82, 2.24) is 20.5 Å². The van der Waals surface area contributed by atoms with Crippen molar-refractivity contribution in [3.63, 3.8) is 0 Å². The molecule has 1 aromatic carbocycles. The maximum absolute atomic E-state index is 12.4. The molecule has 0 spiro atoms. The molecule has 0 aliphatic carbocycles. The van der Waals surface area contributed by atoms with E-state index in [0.29, 0.717) is 23.6 Å². The van der Waals surface area contributed by atoms with Crippen LogP contribution in [0.15, 0.2) is 39.8 Å². The summed E-state index contributed by atoms with van der Waals surface area (Å²) in [6.07, 6.45) is 2.13. The van der Waals surface area contributed by atoms with Crippen LogP contribution in [0.3, 0.4) is 0 Å². The fraction of sp³-hybridized carbons (Fsp3) is 0.412. The number of hydrogen-bond donors (Lipinski definition) is 3. The van der Waals surface area contributed by atoms with Crippen LogP contribution in [0.2, 0.25) is 0 Å². The Kier molecular flexibility index (Phi) is 5.70. The van der Waals surface area contributed by atoms with E-state index in [-0.39, 0.29) is 23.4 Å². The van der Waals surface area contributed by atoms with Crippen molar-refractivity contribution in [2.45, 2.75) is 37.2 Å². The summed E-state index contributed by atoms with van der Waals surface area (Å²) >= 11 is 0. The summed E-state index contributed by atoms with van der Waals surface area (Å²) in [5.74, 6) is 0.130. The Morgan fingerprint density at radius 3 is 2.92 bits per heavy atom. The number of aromatic nitrogens is 1. The Hall–Kier alpha value is -2.23. The van der Waals surface area contributed by atoms with Gasteiger partial charge in [0.2, 0.25) is 10.0 Å². The number of carbonyl (C=O) groups is 1. The van der Waals surface area contributed by atoms with Gasteiger partial charge in [-0.2, -0.15) is 0 Å². The lowest BCUT2D eigenvalue weighted by atomic mass is 10.2. The van der Waals surface area contributed by atoms with Crippen LogP contribution in [0.4, 0.5) is 0 Å². The normalized spacial score (nSPS) is 17.3. The van der Waals surface area contributed by atoms with Crippen molar-refractivity contribution >= 4 is 15.9 Å². The second-order valence-electron chi connectivity index (χ2n) is 6.29. The van der Waals surface area contributed by atoms with Gasteiger partial charge in [0.1, 0.15) is 0 Å². The van der Waals surface area contributed by atoms with Gasteiger partial charge in [-0.15, -0.1) is 0 Å². The van der Waals surface area contributed by atoms with Crippen molar-refractivity contribution in [2.24, 2.45) is 0 Å². The second kappa shape index (κ2) is 7.98. The van der Waals surface area contributed by atoms with Gasteiger partial charge in [0.15, 0.2) is 5.76 Å². The van der Waals surface area contributed by atoms with E-state index in [4.69, 9.17) is 4.52 Å². The third-order valence-electron chi connectivity index (χ3n) is 4.19. The predicted octanol–water partition coefficient (Wildman–Crippen LogP) is 0.943. The van der Waals surface area contributed by atoms with Crippen molar-refractivity contribution in [2.75, 3.05) is 13.1 Å². The van der Waals surface area contributed by atoms with Gasteiger partial charge >= 0.3 is 0 Å². The molecule has 3 N–H and O–H groups in total. The highest BCUT2D eigenvalue weighted by Gasteiger charge is 2.18. The minimum Gasteiger partial charge on any atom is -0.360 e. The molecular formula is C17H22N4O4S. The highest BCUT2D eigenvalue weighted by molar-refractivity contribution is 7.89. The van der Waals surface area contributed by atoms with Crippen LogP contribution >= 0.6 is 0 Å². The summed E-state index contributed by atoms with van der Waals surface area (Å²) in [7, 11) is -3.77. The number of rotatable bonds is 7. The average molecular weight is 378 g/mol. The van der Waals surface area contributed by atoms with E-state index in [1.165, 1.54) is 12.1 Å². The molecule has 1 atom stereocenters. The quantitative estimate of drug-likeness (QED) is 0.661. The Balaban J connectivity index is 1.63. The van der Waals surface area contributed by atoms with Gasteiger partial charge in [-0.1, -0.05) is 11.2 Å². The maximum atomic E-state index is 12.4. The van der Waals surface area contributed by atoms with Crippen LogP contribution in [0.5, 0.6) is 0 Å². The minimum absolute atomic E-state index is 0.00700. The molecule has 8 nitrogen and oxygen atoms in total. The summed E-state index contributed by atoms with van der Waals surface area (Å²) < 4.78 is 32.3. The highest BCUT2D eigenvalue weighted by atomic mass is 32.2. The maximum Gasteiger partial charge on any atom is 0.251 e. The molecule has 0 radical (unpaired) electrons. The number of aryl methyl sites for hydroxylation is 1. The summed E-state index contributed by atoms with van der Waals surface area (Å²) in [5, 5.41) is 9.85. The van der Waals surface area contributed by atoms with Crippen LogP contribution in [0.25, 0.3) is 0 Å². The molecular weight excluding hydrogens is 356 g/mol. The molecule has 1 amide bonds. The van der Waals surface area contributed by atoms with E-state index >= 15 is 0 Å². The van der Waals surface area contributed by atoms with Gasteiger partial charge in [-0.3, -0.25) is 4.79 Å². The number of nitrogens with one attached hydrogen (secondary N) is 3. The first-order chi connectivity index (χ1) is 12.4. The van der Waals surface area contributed by atoms with Crippen molar-refractivity contribution < 1.29 is 17.7 Å². The zero-order valence-electron chi connectivity index (χ0n) is 14.5. The molecule has 1 aliphatic heterocycles. The van der Waals surface area contributed by atoms with E-state index < -0.39 is 10.0 Å². The zero-order valence-corrected chi connectivity index (χ0v) is 15.3. The second-order valence-corrected chi connectivity index (χ2v) is 8.06. The van der Waals surface area contributed by atoms with Gasteiger partial charge in [0, 0.05) is 24.2 Å². The monoisotopic (exact) mass is 378 g/mol. The van der Waals surface area contributed by atoms with Gasteiger partial charge in [-0.25, -0.2) is 13.1 Å². The van der Waals surface area contributed by atoms with E-state index in [9.17, 15) is 13.2 Å². The van der Waals surface area contributed by atoms with Gasteiger partial charge in [-0.05, 0) is 44.5 Å². The molecule has 0 bridgehead atoms. The Labute approximate surface area is 152 Å². The lowest BCUT2D eigenvalue weighted by Gasteiger charge is -2.12. The number of benzene rings is 1. The Bertz CT molecular complexity index is 872. The fourth-order valence-electron chi connectivity index (χ4n) is 2.80. The third kappa shape index (κ3) is 4.69. The van der Waals surface area contributed by atoms with E-state index in [0.717, 1.165) is 19.4 Å². The summed E-state index contributed by atoms with van der Waals surface area (Å²) in [6.45, 7) is 3.24. The van der Waals surface area contributed by atoms with Crippen LogP contribution < -0.4 is 15.4 Å². The fourth-order valence-corrected chi connectivity index (χ4v) is 3.84. The van der Waals surface area contributed by atoms with Gasteiger partial charge < -0.3 is 15.2 Å². The topological polar surface area (TPSA) is 113 Å². The van der Waals surface area contributed by atoms with Crippen LogP contribution in [0, 0.1) is 6.92 Å². The number of sulfonamides is 1. The largest absolute Gasteiger partial charge is 0.360 e. The number of carbonyl (C=O) groups excluding carboxylic acids is 1. The molecule has 1 saturated heterocycles. The van der Waals surface area contributed by atoms with Gasteiger partial charge in [0.05, 0.1) is 17.1 Å². The predicted molar refractivity (Wildman–Crippen MR) is 95.1 cm³/mol. The van der Waals surface area contributed by atoms with Crippen LogP contribution in [-0.2, 0) is 16.6 Å². The lowest BCUT2D eigenvalue weighted by molar-refractivity contribution is 0.0950. The summed E-state index contributed by atoms with van der Waals surface area (Å²) in [4.78, 5) is 12.3. The van der Waals surface area contributed by atoms with Crippen LogP contribution in [0.1, 0.15) is 34.7 Å². The van der Waals surface area contributed by atoms with Crippen LogP contribution in [-0.4, -0.2) is 38.6 Å². The number of nitrogens with zero attached hydrogens (tertiary/aromatic N) is 1.